The summed E-state index contributed by atoms with van der Waals surface area (Å²) in [6.45, 7) is 0.620. The molecule has 0 saturated carbocycles. The maximum atomic E-state index is 5.67. The Morgan fingerprint density at radius 3 is 2.73 bits per heavy atom. The molecule has 0 spiro atoms. The van der Waals surface area contributed by atoms with Crippen LogP contribution in [0.4, 0.5) is 0 Å². The monoisotopic (exact) mass is 156 g/mol. The van der Waals surface area contributed by atoms with Gasteiger partial charge in [0.1, 0.15) is 11.5 Å². The standard InChI is InChI=1S/C7H12N2O2/c1-10-5-3-9-4-6(11-2)7(5)8/h3,9H,4,8H2,1-2H3. The second-order valence-electron chi connectivity index (χ2n) is 2.13. The van der Waals surface area contributed by atoms with Gasteiger partial charge in [0.05, 0.1) is 20.8 Å². The number of hydrogen-bond donors (Lipinski definition) is 2. The van der Waals surface area contributed by atoms with Crippen molar-refractivity contribution in [2.45, 2.75) is 0 Å². The number of rotatable bonds is 2. The first kappa shape index (κ1) is 7.78. The molecule has 0 aromatic carbocycles. The number of dihydropyridines is 1. The number of nitrogens with one attached hydrogen (secondary N) is 1. The van der Waals surface area contributed by atoms with Crippen molar-refractivity contribution >= 4 is 0 Å². The lowest BCUT2D eigenvalue weighted by molar-refractivity contribution is 0.250. The molecule has 0 atom stereocenters. The first-order chi connectivity index (χ1) is 5.29. The molecule has 1 aliphatic heterocycles. The summed E-state index contributed by atoms with van der Waals surface area (Å²) in [5, 5.41) is 2.97. The van der Waals surface area contributed by atoms with Crippen molar-refractivity contribution in [1.82, 2.24) is 5.32 Å². The van der Waals surface area contributed by atoms with Gasteiger partial charge in [-0.05, 0) is 0 Å². The van der Waals surface area contributed by atoms with Crippen LogP contribution in [0, 0.1) is 0 Å². The fraction of sp³-hybridized carbons (Fsp3) is 0.429. The molecule has 1 rings (SSSR count). The molecule has 0 aromatic heterocycles. The van der Waals surface area contributed by atoms with Crippen molar-refractivity contribution in [2.24, 2.45) is 5.73 Å². The van der Waals surface area contributed by atoms with Crippen LogP contribution in [0.2, 0.25) is 0 Å². The molecule has 11 heavy (non-hydrogen) atoms. The second kappa shape index (κ2) is 3.18. The first-order valence-corrected chi connectivity index (χ1v) is 3.30. The fourth-order valence-corrected chi connectivity index (χ4v) is 0.898. The van der Waals surface area contributed by atoms with Crippen molar-refractivity contribution in [1.29, 1.82) is 0 Å². The highest BCUT2D eigenvalue weighted by Gasteiger charge is 2.12. The van der Waals surface area contributed by atoms with Crippen molar-refractivity contribution in [3.8, 4) is 0 Å². The highest BCUT2D eigenvalue weighted by Crippen LogP contribution is 2.13. The summed E-state index contributed by atoms with van der Waals surface area (Å²) < 4.78 is 9.98. The molecular weight excluding hydrogens is 144 g/mol. The molecule has 4 heteroatoms. The molecular formula is C7H12N2O2. The van der Waals surface area contributed by atoms with E-state index in [4.69, 9.17) is 15.2 Å². The zero-order valence-corrected chi connectivity index (χ0v) is 6.68. The van der Waals surface area contributed by atoms with Crippen LogP contribution < -0.4 is 11.1 Å². The van der Waals surface area contributed by atoms with Crippen LogP contribution in [0.1, 0.15) is 0 Å². The van der Waals surface area contributed by atoms with Gasteiger partial charge < -0.3 is 20.5 Å². The van der Waals surface area contributed by atoms with Crippen molar-refractivity contribution < 1.29 is 9.47 Å². The van der Waals surface area contributed by atoms with Gasteiger partial charge in [0, 0.05) is 6.20 Å². The minimum absolute atomic E-state index is 0.564. The quantitative estimate of drug-likeness (QED) is 0.586. The van der Waals surface area contributed by atoms with Crippen LogP contribution in [0.3, 0.4) is 0 Å². The van der Waals surface area contributed by atoms with E-state index in [1.807, 2.05) is 0 Å². The topological polar surface area (TPSA) is 56.5 Å². The summed E-state index contributed by atoms with van der Waals surface area (Å²) in [4.78, 5) is 0. The summed E-state index contributed by atoms with van der Waals surface area (Å²) in [5.41, 5.74) is 6.23. The molecule has 0 bridgehead atoms. The third-order valence-electron chi connectivity index (χ3n) is 1.53. The smallest absolute Gasteiger partial charge is 0.160 e. The van der Waals surface area contributed by atoms with E-state index in [1.54, 1.807) is 20.4 Å². The van der Waals surface area contributed by atoms with E-state index in [9.17, 15) is 0 Å². The van der Waals surface area contributed by atoms with Gasteiger partial charge in [-0.3, -0.25) is 0 Å². The Bertz CT molecular complexity index is 208. The van der Waals surface area contributed by atoms with Crippen molar-refractivity contribution in [2.75, 3.05) is 20.8 Å². The first-order valence-electron chi connectivity index (χ1n) is 3.30. The average molecular weight is 156 g/mol. The summed E-state index contributed by atoms with van der Waals surface area (Å²) in [7, 11) is 3.15. The number of nitrogens with two attached hydrogens (primary N) is 1. The van der Waals surface area contributed by atoms with E-state index in [-0.39, 0.29) is 0 Å². The lowest BCUT2D eigenvalue weighted by Gasteiger charge is -2.17. The second-order valence-corrected chi connectivity index (χ2v) is 2.13. The fourth-order valence-electron chi connectivity index (χ4n) is 0.898. The maximum Gasteiger partial charge on any atom is 0.160 e. The predicted molar refractivity (Wildman–Crippen MR) is 41.3 cm³/mol. The minimum atomic E-state index is 0.564. The number of hydrogen-bond acceptors (Lipinski definition) is 4. The summed E-state index contributed by atoms with van der Waals surface area (Å²) in [5.74, 6) is 1.33. The number of ether oxygens (including phenoxy) is 2. The highest BCUT2D eigenvalue weighted by molar-refractivity contribution is 5.29. The van der Waals surface area contributed by atoms with Crippen molar-refractivity contribution in [3.05, 3.63) is 23.4 Å². The van der Waals surface area contributed by atoms with Crippen LogP contribution in [0.25, 0.3) is 0 Å². The van der Waals surface area contributed by atoms with Gasteiger partial charge in [0.25, 0.3) is 0 Å². The molecule has 0 fully saturated rings. The zero-order valence-electron chi connectivity index (χ0n) is 6.68. The molecule has 0 radical (unpaired) electrons. The van der Waals surface area contributed by atoms with E-state index in [1.165, 1.54) is 0 Å². The predicted octanol–water partition coefficient (Wildman–Crippen LogP) is -0.106. The van der Waals surface area contributed by atoms with Crippen molar-refractivity contribution in [3.63, 3.8) is 0 Å². The van der Waals surface area contributed by atoms with Gasteiger partial charge in [-0.15, -0.1) is 0 Å². The lowest BCUT2D eigenvalue weighted by Crippen LogP contribution is -2.23. The number of methoxy groups -OCH3 is 2. The third-order valence-corrected chi connectivity index (χ3v) is 1.53. The summed E-state index contributed by atoms with van der Waals surface area (Å²) in [6, 6.07) is 0. The molecule has 0 aliphatic carbocycles. The Labute approximate surface area is 65.7 Å². The van der Waals surface area contributed by atoms with Gasteiger partial charge in [0.2, 0.25) is 0 Å². The van der Waals surface area contributed by atoms with E-state index in [2.05, 4.69) is 5.32 Å². The molecule has 1 aliphatic rings. The Balaban J connectivity index is 2.83. The molecule has 62 valence electrons. The molecule has 0 aromatic rings. The summed E-state index contributed by atoms with van der Waals surface area (Å²) >= 11 is 0. The van der Waals surface area contributed by atoms with Gasteiger partial charge in [-0.1, -0.05) is 0 Å². The normalized spacial score (nSPS) is 17.1. The van der Waals surface area contributed by atoms with Crippen LogP contribution in [0.5, 0.6) is 0 Å². The Hall–Kier alpha value is -1.32. The van der Waals surface area contributed by atoms with Crippen LogP contribution in [-0.2, 0) is 9.47 Å². The molecule has 0 saturated heterocycles. The Kier molecular flexibility index (Phi) is 2.25. The van der Waals surface area contributed by atoms with E-state index >= 15 is 0 Å². The molecule has 0 unspecified atom stereocenters. The molecule has 1 heterocycles. The molecule has 0 amide bonds. The molecule has 3 N–H and O–H groups in total. The minimum Gasteiger partial charge on any atom is -0.497 e. The lowest BCUT2D eigenvalue weighted by atomic mass is 10.2. The highest BCUT2D eigenvalue weighted by atomic mass is 16.5. The average Bonchev–Trinajstić information content (AvgIpc) is 2.05. The summed E-state index contributed by atoms with van der Waals surface area (Å²) in [6.07, 6.45) is 1.72. The van der Waals surface area contributed by atoms with Gasteiger partial charge in [-0.2, -0.15) is 0 Å². The van der Waals surface area contributed by atoms with Gasteiger partial charge in [-0.25, -0.2) is 0 Å². The van der Waals surface area contributed by atoms with E-state index < -0.39 is 0 Å². The van der Waals surface area contributed by atoms with E-state index in [0.717, 1.165) is 0 Å². The zero-order chi connectivity index (χ0) is 8.27. The Morgan fingerprint density at radius 1 is 1.45 bits per heavy atom. The van der Waals surface area contributed by atoms with Crippen LogP contribution in [0.15, 0.2) is 23.4 Å². The van der Waals surface area contributed by atoms with E-state index in [0.29, 0.717) is 23.8 Å². The SMILES string of the molecule is COC1=CNCC(OC)=C1N. The van der Waals surface area contributed by atoms with Crippen LogP contribution in [-0.4, -0.2) is 20.8 Å². The largest absolute Gasteiger partial charge is 0.497 e. The Morgan fingerprint density at radius 2 is 2.18 bits per heavy atom. The van der Waals surface area contributed by atoms with Gasteiger partial charge >= 0.3 is 0 Å². The maximum absolute atomic E-state index is 5.67. The van der Waals surface area contributed by atoms with Gasteiger partial charge in [0.15, 0.2) is 5.76 Å². The molecule has 4 nitrogen and oxygen atoms in total. The third kappa shape index (κ3) is 1.39. The van der Waals surface area contributed by atoms with Crippen LogP contribution >= 0.6 is 0 Å².